The van der Waals surface area contributed by atoms with E-state index in [0.29, 0.717) is 42.3 Å². The van der Waals surface area contributed by atoms with E-state index in [1.807, 2.05) is 4.90 Å². The van der Waals surface area contributed by atoms with Crippen molar-refractivity contribution in [1.29, 1.82) is 0 Å². The number of thiophene rings is 1. The van der Waals surface area contributed by atoms with E-state index in [9.17, 15) is 14.4 Å². The van der Waals surface area contributed by atoms with Gasteiger partial charge in [0.15, 0.2) is 0 Å². The summed E-state index contributed by atoms with van der Waals surface area (Å²) in [7, 11) is 0. The van der Waals surface area contributed by atoms with Crippen molar-refractivity contribution < 1.29 is 4.79 Å². The van der Waals surface area contributed by atoms with Gasteiger partial charge in [0.2, 0.25) is 11.9 Å². The van der Waals surface area contributed by atoms with Crippen LogP contribution in [0.3, 0.4) is 0 Å². The molecule has 0 atom stereocenters. The van der Waals surface area contributed by atoms with Gasteiger partial charge in [-0.15, -0.1) is 11.3 Å². The van der Waals surface area contributed by atoms with Gasteiger partial charge in [-0.05, 0) is 17.5 Å². The maximum atomic E-state index is 12.5. The number of carbonyl (C=O) groups is 1. The molecule has 3 aromatic heterocycles. The fourth-order valence-electron chi connectivity index (χ4n) is 3.15. The van der Waals surface area contributed by atoms with E-state index in [2.05, 4.69) is 15.0 Å². The number of nitrogens with one attached hydrogen (secondary N) is 1. The highest BCUT2D eigenvalue weighted by Crippen LogP contribution is 2.13. The zero-order valence-corrected chi connectivity index (χ0v) is 15.3. The van der Waals surface area contributed by atoms with Gasteiger partial charge >= 0.3 is 5.69 Å². The molecule has 0 bridgehead atoms. The van der Waals surface area contributed by atoms with E-state index in [0.717, 1.165) is 4.57 Å². The van der Waals surface area contributed by atoms with Crippen molar-refractivity contribution in [3.05, 3.63) is 50.7 Å². The first-order valence-electron chi connectivity index (χ1n) is 8.63. The summed E-state index contributed by atoms with van der Waals surface area (Å²) in [6, 6.07) is 3.47. The predicted octanol–water partition coefficient (Wildman–Crippen LogP) is 0.280. The third kappa shape index (κ3) is 3.47. The lowest BCUT2D eigenvalue weighted by atomic mass is 10.2. The fraction of sp³-hybridized carbons (Fsp3) is 0.353. The van der Waals surface area contributed by atoms with Crippen LogP contribution >= 0.6 is 11.3 Å². The van der Waals surface area contributed by atoms with Crippen LogP contribution in [0.1, 0.15) is 6.42 Å². The van der Waals surface area contributed by atoms with Crippen LogP contribution in [0.25, 0.3) is 10.2 Å². The van der Waals surface area contributed by atoms with E-state index in [4.69, 9.17) is 0 Å². The lowest BCUT2D eigenvalue weighted by Crippen LogP contribution is -2.49. The number of aromatic nitrogens is 4. The first-order chi connectivity index (χ1) is 13.1. The standard InChI is InChI=1S/C17H18N6O3S/c24-13(21-7-9-22(10-8-21)16-18-4-1-5-19-16)2-6-23-15(25)14-12(3-11-27-14)20-17(23)26/h1,3-5,11H,2,6-10H2,(H,20,26). The van der Waals surface area contributed by atoms with Crippen molar-refractivity contribution in [1.82, 2.24) is 24.4 Å². The Labute approximate surface area is 157 Å². The van der Waals surface area contributed by atoms with Gasteiger partial charge in [-0.25, -0.2) is 14.8 Å². The highest BCUT2D eigenvalue weighted by Gasteiger charge is 2.22. The number of H-pyrrole nitrogens is 1. The number of hydrogen-bond acceptors (Lipinski definition) is 7. The quantitative estimate of drug-likeness (QED) is 0.691. The van der Waals surface area contributed by atoms with Crippen molar-refractivity contribution in [2.45, 2.75) is 13.0 Å². The summed E-state index contributed by atoms with van der Waals surface area (Å²) in [5.41, 5.74) is -0.288. The Morgan fingerprint density at radius 3 is 2.63 bits per heavy atom. The Hall–Kier alpha value is -3.01. The molecule has 0 saturated carbocycles. The van der Waals surface area contributed by atoms with Crippen LogP contribution in [0, 0.1) is 0 Å². The third-order valence-electron chi connectivity index (χ3n) is 4.61. The van der Waals surface area contributed by atoms with Crippen LogP contribution in [-0.2, 0) is 11.3 Å². The SMILES string of the molecule is O=C(CCn1c(=O)[nH]c2ccsc2c1=O)N1CCN(c2ncccn2)CC1. The number of amides is 1. The molecule has 0 unspecified atom stereocenters. The van der Waals surface area contributed by atoms with Crippen molar-refractivity contribution in [3.8, 4) is 0 Å². The largest absolute Gasteiger partial charge is 0.339 e. The number of aromatic amines is 1. The molecular formula is C17H18N6O3S. The van der Waals surface area contributed by atoms with Gasteiger partial charge in [0.05, 0.1) is 5.52 Å². The minimum absolute atomic E-state index is 0.0683. The lowest BCUT2D eigenvalue weighted by molar-refractivity contribution is -0.131. The molecule has 0 spiro atoms. The van der Waals surface area contributed by atoms with Crippen LogP contribution in [0.2, 0.25) is 0 Å². The smallest absolute Gasteiger partial charge is 0.328 e. The Bertz CT molecular complexity index is 1070. The molecule has 3 aromatic rings. The molecule has 1 aliphatic heterocycles. The number of nitrogens with zero attached hydrogens (tertiary/aromatic N) is 5. The highest BCUT2D eigenvalue weighted by atomic mass is 32.1. The summed E-state index contributed by atoms with van der Waals surface area (Å²) in [4.78, 5) is 51.9. The first-order valence-corrected chi connectivity index (χ1v) is 9.51. The number of carbonyl (C=O) groups excluding carboxylic acids is 1. The van der Waals surface area contributed by atoms with Gasteiger partial charge in [0.25, 0.3) is 5.56 Å². The minimum Gasteiger partial charge on any atom is -0.339 e. The Morgan fingerprint density at radius 2 is 1.89 bits per heavy atom. The molecule has 4 heterocycles. The zero-order chi connectivity index (χ0) is 18.8. The number of piperazine rings is 1. The normalized spacial score (nSPS) is 14.7. The molecule has 1 aliphatic rings. The molecule has 0 radical (unpaired) electrons. The fourth-order valence-corrected chi connectivity index (χ4v) is 3.95. The molecule has 1 amide bonds. The zero-order valence-electron chi connectivity index (χ0n) is 14.5. The maximum Gasteiger partial charge on any atom is 0.328 e. The second kappa shape index (κ2) is 7.31. The van der Waals surface area contributed by atoms with Crippen molar-refractivity contribution >= 4 is 33.4 Å². The topological polar surface area (TPSA) is 104 Å². The number of hydrogen-bond donors (Lipinski definition) is 1. The monoisotopic (exact) mass is 386 g/mol. The minimum atomic E-state index is -0.482. The molecule has 1 fully saturated rings. The van der Waals surface area contributed by atoms with E-state index < -0.39 is 5.69 Å². The molecule has 0 aromatic carbocycles. The molecule has 27 heavy (non-hydrogen) atoms. The molecule has 1 saturated heterocycles. The summed E-state index contributed by atoms with van der Waals surface area (Å²) < 4.78 is 1.60. The summed E-state index contributed by atoms with van der Waals surface area (Å²) >= 11 is 1.28. The molecule has 10 heteroatoms. The average Bonchev–Trinajstić information content (AvgIpc) is 3.17. The molecule has 0 aliphatic carbocycles. The Kier molecular flexibility index (Phi) is 4.71. The van der Waals surface area contributed by atoms with Crippen LogP contribution < -0.4 is 16.1 Å². The van der Waals surface area contributed by atoms with E-state index in [-0.39, 0.29) is 24.4 Å². The second-order valence-electron chi connectivity index (χ2n) is 6.22. The summed E-state index contributed by atoms with van der Waals surface area (Å²) in [6.45, 7) is 2.50. The van der Waals surface area contributed by atoms with Crippen molar-refractivity contribution in [2.24, 2.45) is 0 Å². The van der Waals surface area contributed by atoms with Crippen LogP contribution in [0.4, 0.5) is 5.95 Å². The second-order valence-corrected chi connectivity index (χ2v) is 7.13. The highest BCUT2D eigenvalue weighted by molar-refractivity contribution is 7.17. The summed E-state index contributed by atoms with van der Waals surface area (Å²) in [5.74, 6) is 0.591. The molecule has 4 rings (SSSR count). The predicted molar refractivity (Wildman–Crippen MR) is 102 cm³/mol. The average molecular weight is 386 g/mol. The maximum absolute atomic E-state index is 12.5. The van der Waals surface area contributed by atoms with Crippen LogP contribution in [0.5, 0.6) is 0 Å². The van der Waals surface area contributed by atoms with Crippen molar-refractivity contribution in [3.63, 3.8) is 0 Å². The van der Waals surface area contributed by atoms with Gasteiger partial charge in [-0.2, -0.15) is 0 Å². The van der Waals surface area contributed by atoms with E-state index >= 15 is 0 Å². The van der Waals surface area contributed by atoms with Gasteiger partial charge in [0.1, 0.15) is 4.70 Å². The van der Waals surface area contributed by atoms with E-state index in [1.165, 1.54) is 11.3 Å². The van der Waals surface area contributed by atoms with Crippen molar-refractivity contribution in [2.75, 3.05) is 31.1 Å². The van der Waals surface area contributed by atoms with Crippen LogP contribution in [-0.4, -0.2) is 56.5 Å². The van der Waals surface area contributed by atoms with Gasteiger partial charge in [-0.1, -0.05) is 0 Å². The number of fused-ring (bicyclic) bond motifs is 1. The number of rotatable bonds is 4. The lowest BCUT2D eigenvalue weighted by Gasteiger charge is -2.34. The Balaban J connectivity index is 1.38. The number of anilines is 1. The molecule has 9 nitrogen and oxygen atoms in total. The first kappa shape index (κ1) is 17.4. The van der Waals surface area contributed by atoms with Gasteiger partial charge in [0, 0.05) is 51.5 Å². The Morgan fingerprint density at radius 1 is 1.15 bits per heavy atom. The van der Waals surface area contributed by atoms with Gasteiger partial charge < -0.3 is 14.8 Å². The molecular weight excluding hydrogens is 368 g/mol. The third-order valence-corrected chi connectivity index (χ3v) is 5.51. The molecule has 1 N–H and O–H groups in total. The summed E-state index contributed by atoms with van der Waals surface area (Å²) in [5, 5.41) is 1.76. The van der Waals surface area contributed by atoms with E-state index in [1.54, 1.807) is 34.8 Å². The van der Waals surface area contributed by atoms with Crippen LogP contribution in [0.15, 0.2) is 39.5 Å². The van der Waals surface area contributed by atoms with Gasteiger partial charge in [-0.3, -0.25) is 14.2 Å². The molecule has 140 valence electrons. The summed E-state index contributed by atoms with van der Waals surface area (Å²) in [6.07, 6.45) is 3.50.